The van der Waals surface area contributed by atoms with E-state index >= 15 is 0 Å². The van der Waals surface area contributed by atoms with Gasteiger partial charge in [-0.05, 0) is 48.6 Å². The van der Waals surface area contributed by atoms with Gasteiger partial charge in [-0.15, -0.1) is 23.7 Å². The molecule has 3 heterocycles. The number of hydrogen-bond donors (Lipinski definition) is 1. The van der Waals surface area contributed by atoms with Crippen LogP contribution in [0.4, 0.5) is 11.4 Å². The first-order chi connectivity index (χ1) is 14.2. The summed E-state index contributed by atoms with van der Waals surface area (Å²) in [6.07, 6.45) is 3.94. The minimum absolute atomic E-state index is 0. The second-order valence-corrected chi connectivity index (χ2v) is 8.28. The maximum atomic E-state index is 13.6. The van der Waals surface area contributed by atoms with Crippen molar-refractivity contribution in [2.75, 3.05) is 10.2 Å². The van der Waals surface area contributed by atoms with Crippen LogP contribution < -0.4 is 10.2 Å². The first-order valence-corrected chi connectivity index (χ1v) is 10.6. The fourth-order valence-corrected chi connectivity index (χ4v) is 4.87. The van der Waals surface area contributed by atoms with Gasteiger partial charge in [0.2, 0.25) is 5.91 Å². The molecule has 2 aromatic heterocycles. The molecule has 0 fully saturated rings. The largest absolute Gasteiger partial charge is 0.467 e. The number of anilines is 2. The average molecular weight is 441 g/mol. The molecule has 1 atom stereocenters. The quantitative estimate of drug-likeness (QED) is 0.583. The van der Waals surface area contributed by atoms with E-state index in [0.29, 0.717) is 17.8 Å². The van der Waals surface area contributed by atoms with Gasteiger partial charge >= 0.3 is 0 Å². The molecule has 0 radical (unpaired) electrons. The predicted octanol–water partition coefficient (Wildman–Crippen LogP) is 5.51. The Morgan fingerprint density at radius 3 is 2.77 bits per heavy atom. The minimum Gasteiger partial charge on any atom is -0.467 e. The molecule has 3 aromatic rings. The summed E-state index contributed by atoms with van der Waals surface area (Å²) in [5.74, 6) is 0.614. The van der Waals surface area contributed by atoms with Crippen molar-refractivity contribution in [1.82, 2.24) is 0 Å². The monoisotopic (exact) mass is 440 g/mol. The summed E-state index contributed by atoms with van der Waals surface area (Å²) in [7, 11) is 0. The topological polar surface area (TPSA) is 62.6 Å². The summed E-state index contributed by atoms with van der Waals surface area (Å²) in [5.41, 5.74) is 3.13. The van der Waals surface area contributed by atoms with Crippen molar-refractivity contribution in [2.24, 2.45) is 0 Å². The maximum Gasteiger partial charge on any atom is 0.233 e. The van der Waals surface area contributed by atoms with E-state index in [9.17, 15) is 9.59 Å². The average Bonchev–Trinajstić information content (AvgIpc) is 3.40. The number of amides is 1. The molecule has 1 aliphatic heterocycles. The Morgan fingerprint density at radius 2 is 2.00 bits per heavy atom. The minimum atomic E-state index is -0.573. The summed E-state index contributed by atoms with van der Waals surface area (Å²) in [6, 6.07) is 14.7. The van der Waals surface area contributed by atoms with Crippen molar-refractivity contribution in [2.45, 2.75) is 31.7 Å². The summed E-state index contributed by atoms with van der Waals surface area (Å²) >= 11 is 1.56. The van der Waals surface area contributed by atoms with Crippen LogP contribution in [0.25, 0.3) is 0 Å². The van der Waals surface area contributed by atoms with E-state index < -0.39 is 6.04 Å². The second-order valence-electron chi connectivity index (χ2n) is 7.25. The second kappa shape index (κ2) is 8.50. The number of benzene rings is 1. The third kappa shape index (κ3) is 3.57. The Morgan fingerprint density at radius 1 is 1.13 bits per heavy atom. The van der Waals surface area contributed by atoms with Gasteiger partial charge in [0.25, 0.3) is 0 Å². The summed E-state index contributed by atoms with van der Waals surface area (Å²) in [6.45, 7) is 0. The van der Waals surface area contributed by atoms with Crippen molar-refractivity contribution in [1.29, 1.82) is 0 Å². The number of para-hydroxylation sites is 2. The summed E-state index contributed by atoms with van der Waals surface area (Å²) in [4.78, 5) is 29.4. The number of nitrogens with one attached hydrogen (secondary N) is 1. The van der Waals surface area contributed by atoms with Crippen LogP contribution >= 0.6 is 23.7 Å². The number of furan rings is 1. The van der Waals surface area contributed by atoms with Crippen LogP contribution in [0.5, 0.6) is 0 Å². The lowest BCUT2D eigenvalue weighted by Gasteiger charge is -2.32. The number of thiophene rings is 1. The van der Waals surface area contributed by atoms with Gasteiger partial charge in [-0.2, -0.15) is 0 Å². The smallest absolute Gasteiger partial charge is 0.233 e. The Balaban J connectivity index is 0.00000218. The third-order valence-corrected chi connectivity index (χ3v) is 6.30. The molecule has 5 rings (SSSR count). The number of carbonyl (C=O) groups excluding carboxylic acids is 2. The van der Waals surface area contributed by atoms with E-state index in [0.717, 1.165) is 34.8 Å². The van der Waals surface area contributed by atoms with E-state index in [1.807, 2.05) is 47.8 Å². The van der Waals surface area contributed by atoms with Crippen molar-refractivity contribution >= 4 is 46.8 Å². The normalized spacial score (nSPS) is 18.1. The van der Waals surface area contributed by atoms with Gasteiger partial charge in [0, 0.05) is 22.6 Å². The molecular weight excluding hydrogens is 420 g/mol. The van der Waals surface area contributed by atoms with Gasteiger partial charge in [0.05, 0.1) is 24.1 Å². The number of Topliss-reactive ketones (excluding diaryl/α,β-unsaturated/α-hetero) is 1. The molecule has 1 aromatic carbocycles. The third-order valence-electron chi connectivity index (χ3n) is 5.42. The molecule has 5 nitrogen and oxygen atoms in total. The molecule has 2 aliphatic rings. The zero-order valence-electron chi connectivity index (χ0n) is 16.2. The number of ketones is 1. The van der Waals surface area contributed by atoms with Crippen molar-refractivity contribution < 1.29 is 14.0 Å². The van der Waals surface area contributed by atoms with Crippen LogP contribution in [0.2, 0.25) is 0 Å². The number of nitrogens with zero attached hydrogens (tertiary/aromatic N) is 1. The van der Waals surface area contributed by atoms with Crippen LogP contribution in [-0.4, -0.2) is 11.7 Å². The van der Waals surface area contributed by atoms with Gasteiger partial charge in [0.15, 0.2) is 5.78 Å². The molecule has 1 amide bonds. The van der Waals surface area contributed by atoms with Gasteiger partial charge in [0.1, 0.15) is 11.8 Å². The van der Waals surface area contributed by atoms with Gasteiger partial charge < -0.3 is 9.73 Å². The SMILES string of the molecule is Cl.O=C1CCCC2=C1C(c1ccco1)N(C(=O)Cc1cccs1)c1ccccc1N2. The molecule has 0 bridgehead atoms. The van der Waals surface area contributed by atoms with Crippen LogP contribution in [0, 0.1) is 0 Å². The van der Waals surface area contributed by atoms with Crippen molar-refractivity contribution in [3.63, 3.8) is 0 Å². The highest BCUT2D eigenvalue weighted by molar-refractivity contribution is 7.10. The molecule has 1 aliphatic carbocycles. The molecule has 0 saturated heterocycles. The van der Waals surface area contributed by atoms with Gasteiger partial charge in [-0.1, -0.05) is 18.2 Å². The van der Waals surface area contributed by atoms with Gasteiger partial charge in [-0.25, -0.2) is 0 Å². The molecule has 0 saturated carbocycles. The molecule has 30 heavy (non-hydrogen) atoms. The first-order valence-electron chi connectivity index (χ1n) is 9.72. The Labute approximate surface area is 184 Å². The Bertz CT molecular complexity index is 1090. The summed E-state index contributed by atoms with van der Waals surface area (Å²) < 4.78 is 5.75. The van der Waals surface area contributed by atoms with Crippen LogP contribution in [0.3, 0.4) is 0 Å². The molecule has 1 N–H and O–H groups in total. The van der Waals surface area contributed by atoms with E-state index in [1.54, 1.807) is 28.6 Å². The number of rotatable bonds is 3. The zero-order valence-corrected chi connectivity index (χ0v) is 17.8. The Hall–Kier alpha value is -2.83. The fraction of sp³-hybridized carbons (Fsp3) is 0.217. The first kappa shape index (κ1) is 20.4. The molecular formula is C23H21ClN2O3S. The molecule has 1 unspecified atom stereocenters. The van der Waals surface area contributed by atoms with Crippen LogP contribution in [-0.2, 0) is 16.0 Å². The van der Waals surface area contributed by atoms with Crippen LogP contribution in [0.1, 0.15) is 35.9 Å². The molecule has 154 valence electrons. The summed E-state index contributed by atoms with van der Waals surface area (Å²) in [5, 5.41) is 5.42. The number of hydrogen-bond acceptors (Lipinski definition) is 5. The fourth-order valence-electron chi connectivity index (χ4n) is 4.17. The lowest BCUT2D eigenvalue weighted by molar-refractivity contribution is -0.118. The predicted molar refractivity (Wildman–Crippen MR) is 120 cm³/mol. The molecule has 0 spiro atoms. The van der Waals surface area contributed by atoms with E-state index in [-0.39, 0.29) is 30.5 Å². The number of fused-ring (bicyclic) bond motifs is 1. The lowest BCUT2D eigenvalue weighted by Crippen LogP contribution is -2.38. The van der Waals surface area contributed by atoms with Crippen LogP contribution in [0.15, 0.2) is 75.9 Å². The standard InChI is InChI=1S/C23H20N2O3S.ClH/c26-19-10-3-8-17-22(19)23(20-11-4-12-28-20)25(18-9-2-1-7-16(18)24-17)21(27)14-15-6-5-13-29-15;/h1-2,4-7,9,11-13,23-24H,3,8,10,14H2;1H. The van der Waals surface area contributed by atoms with Gasteiger partial charge in [-0.3, -0.25) is 14.5 Å². The zero-order chi connectivity index (χ0) is 19.8. The van der Waals surface area contributed by atoms with E-state index in [4.69, 9.17) is 4.42 Å². The lowest BCUT2D eigenvalue weighted by atomic mass is 9.88. The highest BCUT2D eigenvalue weighted by Gasteiger charge is 2.40. The number of carbonyl (C=O) groups is 2. The number of halogens is 1. The highest BCUT2D eigenvalue weighted by atomic mass is 35.5. The molecule has 7 heteroatoms. The highest BCUT2D eigenvalue weighted by Crippen LogP contribution is 2.45. The van der Waals surface area contributed by atoms with Crippen molar-refractivity contribution in [3.05, 3.63) is 82.1 Å². The maximum absolute atomic E-state index is 13.6. The van der Waals surface area contributed by atoms with E-state index in [1.165, 1.54) is 0 Å². The Kier molecular flexibility index (Phi) is 5.79. The van der Waals surface area contributed by atoms with E-state index in [2.05, 4.69) is 5.32 Å². The number of allylic oxidation sites excluding steroid dienone is 1. The van der Waals surface area contributed by atoms with Crippen molar-refractivity contribution in [3.8, 4) is 0 Å².